The fraction of sp³-hybridized carbons (Fsp3) is 0.333. The summed E-state index contributed by atoms with van der Waals surface area (Å²) < 4.78 is 17.8. The van der Waals surface area contributed by atoms with Crippen LogP contribution in [0.15, 0.2) is 35.2 Å². The van der Waals surface area contributed by atoms with Gasteiger partial charge in [0.25, 0.3) is 0 Å². The van der Waals surface area contributed by atoms with E-state index in [1.165, 1.54) is 0 Å². The molecule has 0 spiro atoms. The van der Waals surface area contributed by atoms with Gasteiger partial charge in [-0.3, -0.25) is 0 Å². The number of anilines is 1. The van der Waals surface area contributed by atoms with E-state index in [2.05, 4.69) is 15.3 Å². The molecular weight excluding hydrogens is 221 g/mol. The third-order valence-electron chi connectivity index (χ3n) is 2.40. The average molecular weight is 235 g/mol. The largest absolute Gasteiger partial charge is 0.469 e. The van der Waals surface area contributed by atoms with Gasteiger partial charge in [0.2, 0.25) is 5.95 Å². The number of rotatable bonds is 5. The summed E-state index contributed by atoms with van der Waals surface area (Å²) in [4.78, 5) is 7.69. The Morgan fingerprint density at radius 1 is 1.41 bits per heavy atom. The zero-order valence-corrected chi connectivity index (χ0v) is 9.56. The van der Waals surface area contributed by atoms with Crippen molar-refractivity contribution in [3.63, 3.8) is 0 Å². The molecule has 0 saturated carbocycles. The number of nitrogens with zero attached hydrogens (tertiary/aromatic N) is 2. The van der Waals surface area contributed by atoms with Gasteiger partial charge in [-0.2, -0.15) is 0 Å². The summed E-state index contributed by atoms with van der Waals surface area (Å²) >= 11 is 0. The smallest absolute Gasteiger partial charge is 0.222 e. The van der Waals surface area contributed by atoms with Crippen LogP contribution in [0, 0.1) is 5.82 Å². The monoisotopic (exact) mass is 235 g/mol. The van der Waals surface area contributed by atoms with Crippen LogP contribution in [0.4, 0.5) is 10.3 Å². The van der Waals surface area contributed by atoms with Gasteiger partial charge < -0.3 is 9.73 Å². The number of nitrogens with one attached hydrogen (secondary N) is 1. The Labute approximate surface area is 98.9 Å². The summed E-state index contributed by atoms with van der Waals surface area (Å²) in [5.41, 5.74) is 0. The Balaban J connectivity index is 1.80. The normalized spacial score (nSPS) is 12.4. The molecule has 1 unspecified atom stereocenters. The van der Waals surface area contributed by atoms with Gasteiger partial charge in [-0.15, -0.1) is 0 Å². The maximum Gasteiger partial charge on any atom is 0.222 e. The number of furan rings is 1. The lowest BCUT2D eigenvalue weighted by atomic mass is 10.1. The Kier molecular flexibility index (Phi) is 3.69. The standard InChI is InChI=1S/C12H14FN3O/c1-9(4-5-11-3-2-6-17-11)16-12-14-7-10(13)8-15-12/h2-3,6-9H,4-5H2,1H3,(H,14,15,16). The van der Waals surface area contributed by atoms with Crippen LogP contribution >= 0.6 is 0 Å². The lowest BCUT2D eigenvalue weighted by molar-refractivity contribution is 0.494. The highest BCUT2D eigenvalue weighted by molar-refractivity contribution is 5.24. The van der Waals surface area contributed by atoms with E-state index in [9.17, 15) is 4.39 Å². The lowest BCUT2D eigenvalue weighted by Gasteiger charge is -2.12. The molecule has 0 aliphatic carbocycles. The summed E-state index contributed by atoms with van der Waals surface area (Å²) in [6, 6.07) is 4.02. The predicted octanol–water partition coefficient (Wildman–Crippen LogP) is 2.64. The van der Waals surface area contributed by atoms with Crippen molar-refractivity contribution >= 4 is 5.95 Å². The van der Waals surface area contributed by atoms with Crippen molar-refractivity contribution in [2.45, 2.75) is 25.8 Å². The minimum atomic E-state index is -0.432. The Hall–Kier alpha value is -1.91. The van der Waals surface area contributed by atoms with Crippen LogP contribution in [-0.2, 0) is 6.42 Å². The molecule has 0 aliphatic heterocycles. The SMILES string of the molecule is CC(CCc1ccco1)Nc1ncc(F)cn1. The Morgan fingerprint density at radius 3 is 2.82 bits per heavy atom. The Bertz CT molecular complexity index is 441. The molecule has 0 aromatic carbocycles. The molecule has 0 amide bonds. The molecule has 90 valence electrons. The zero-order valence-electron chi connectivity index (χ0n) is 9.56. The maximum atomic E-state index is 12.6. The molecule has 0 radical (unpaired) electrons. The third-order valence-corrected chi connectivity index (χ3v) is 2.40. The van der Waals surface area contributed by atoms with Crippen molar-refractivity contribution in [1.29, 1.82) is 0 Å². The van der Waals surface area contributed by atoms with E-state index < -0.39 is 5.82 Å². The summed E-state index contributed by atoms with van der Waals surface area (Å²) in [5.74, 6) is 0.968. The fourth-order valence-electron chi connectivity index (χ4n) is 1.49. The first-order chi connectivity index (χ1) is 8.24. The highest BCUT2D eigenvalue weighted by Crippen LogP contribution is 2.08. The second kappa shape index (κ2) is 5.43. The van der Waals surface area contributed by atoms with Gasteiger partial charge in [0.15, 0.2) is 5.82 Å². The number of aromatic nitrogens is 2. The van der Waals surface area contributed by atoms with Gasteiger partial charge in [0.05, 0.1) is 18.7 Å². The second-order valence-electron chi connectivity index (χ2n) is 3.89. The van der Waals surface area contributed by atoms with Crippen LogP contribution in [0.2, 0.25) is 0 Å². The van der Waals surface area contributed by atoms with Crippen molar-refractivity contribution in [2.24, 2.45) is 0 Å². The van der Waals surface area contributed by atoms with Crippen LogP contribution in [0.5, 0.6) is 0 Å². The summed E-state index contributed by atoms with van der Waals surface area (Å²) in [5, 5.41) is 3.10. The Morgan fingerprint density at radius 2 is 2.18 bits per heavy atom. The van der Waals surface area contributed by atoms with Gasteiger partial charge in [-0.1, -0.05) is 0 Å². The first-order valence-electron chi connectivity index (χ1n) is 5.50. The van der Waals surface area contributed by atoms with Crippen LogP contribution in [0.3, 0.4) is 0 Å². The van der Waals surface area contributed by atoms with Crippen molar-refractivity contribution in [2.75, 3.05) is 5.32 Å². The topological polar surface area (TPSA) is 51.0 Å². The number of hydrogen-bond donors (Lipinski definition) is 1. The van der Waals surface area contributed by atoms with Crippen LogP contribution in [0.25, 0.3) is 0 Å². The molecule has 0 bridgehead atoms. The highest BCUT2D eigenvalue weighted by atomic mass is 19.1. The first kappa shape index (κ1) is 11.6. The minimum absolute atomic E-state index is 0.200. The molecule has 1 N–H and O–H groups in total. The molecule has 17 heavy (non-hydrogen) atoms. The van der Waals surface area contributed by atoms with Crippen molar-refractivity contribution in [1.82, 2.24) is 9.97 Å². The van der Waals surface area contributed by atoms with E-state index >= 15 is 0 Å². The molecule has 2 heterocycles. The minimum Gasteiger partial charge on any atom is -0.469 e. The van der Waals surface area contributed by atoms with E-state index in [1.807, 2.05) is 19.1 Å². The zero-order chi connectivity index (χ0) is 12.1. The van der Waals surface area contributed by atoms with E-state index in [0.717, 1.165) is 31.0 Å². The molecule has 2 aromatic rings. The van der Waals surface area contributed by atoms with Crippen molar-refractivity contribution in [3.8, 4) is 0 Å². The quantitative estimate of drug-likeness (QED) is 0.865. The van der Waals surface area contributed by atoms with Crippen LogP contribution in [0.1, 0.15) is 19.1 Å². The van der Waals surface area contributed by atoms with Gasteiger partial charge in [-0.25, -0.2) is 14.4 Å². The first-order valence-corrected chi connectivity index (χ1v) is 5.50. The molecule has 0 fully saturated rings. The van der Waals surface area contributed by atoms with Crippen LogP contribution < -0.4 is 5.32 Å². The number of hydrogen-bond acceptors (Lipinski definition) is 4. The molecule has 4 nitrogen and oxygen atoms in total. The number of halogens is 1. The summed E-state index contributed by atoms with van der Waals surface area (Å²) in [6.45, 7) is 2.02. The van der Waals surface area contributed by atoms with Crippen LogP contribution in [-0.4, -0.2) is 16.0 Å². The molecule has 0 aliphatic rings. The summed E-state index contributed by atoms with van der Waals surface area (Å²) in [7, 11) is 0. The third kappa shape index (κ3) is 3.55. The van der Waals surface area contributed by atoms with Gasteiger partial charge in [0, 0.05) is 12.5 Å². The summed E-state index contributed by atoms with van der Waals surface area (Å²) in [6.07, 6.45) is 5.70. The highest BCUT2D eigenvalue weighted by Gasteiger charge is 2.05. The fourth-order valence-corrected chi connectivity index (χ4v) is 1.49. The molecule has 2 aromatic heterocycles. The molecule has 2 rings (SSSR count). The van der Waals surface area contributed by atoms with E-state index in [0.29, 0.717) is 5.95 Å². The van der Waals surface area contributed by atoms with E-state index in [-0.39, 0.29) is 6.04 Å². The lowest BCUT2D eigenvalue weighted by Crippen LogP contribution is -2.17. The van der Waals surface area contributed by atoms with Crippen molar-refractivity contribution in [3.05, 3.63) is 42.4 Å². The molecule has 1 atom stereocenters. The number of aryl methyl sites for hydroxylation is 1. The van der Waals surface area contributed by atoms with Gasteiger partial charge >= 0.3 is 0 Å². The average Bonchev–Trinajstić information content (AvgIpc) is 2.83. The maximum absolute atomic E-state index is 12.6. The van der Waals surface area contributed by atoms with Gasteiger partial charge in [0.1, 0.15) is 5.76 Å². The molecular formula is C12H14FN3O. The predicted molar refractivity (Wildman–Crippen MR) is 62.1 cm³/mol. The molecule has 5 heteroatoms. The van der Waals surface area contributed by atoms with E-state index in [4.69, 9.17) is 4.42 Å². The van der Waals surface area contributed by atoms with Gasteiger partial charge in [-0.05, 0) is 25.5 Å². The van der Waals surface area contributed by atoms with E-state index in [1.54, 1.807) is 6.26 Å². The molecule has 0 saturated heterocycles. The van der Waals surface area contributed by atoms with Crippen molar-refractivity contribution < 1.29 is 8.81 Å². The second-order valence-corrected chi connectivity index (χ2v) is 3.89.